The first-order valence-corrected chi connectivity index (χ1v) is 7.61. The molecular formula is C17H27NO2. The van der Waals surface area contributed by atoms with Crippen LogP contribution in [0, 0.1) is 5.92 Å². The van der Waals surface area contributed by atoms with Crippen molar-refractivity contribution in [2.75, 3.05) is 13.7 Å². The fourth-order valence-corrected chi connectivity index (χ4v) is 2.76. The average molecular weight is 277 g/mol. The van der Waals surface area contributed by atoms with Crippen molar-refractivity contribution in [3.05, 3.63) is 35.4 Å². The van der Waals surface area contributed by atoms with Crippen LogP contribution >= 0.6 is 0 Å². The molecule has 3 heteroatoms. The van der Waals surface area contributed by atoms with Crippen molar-refractivity contribution in [2.24, 2.45) is 5.92 Å². The molecule has 2 atom stereocenters. The molecule has 1 N–H and O–H groups in total. The van der Waals surface area contributed by atoms with Crippen LogP contribution < -0.4 is 5.32 Å². The number of benzene rings is 1. The number of methoxy groups -OCH3 is 1. The summed E-state index contributed by atoms with van der Waals surface area (Å²) in [4.78, 5) is 0. The van der Waals surface area contributed by atoms with Crippen molar-refractivity contribution in [1.82, 2.24) is 5.32 Å². The van der Waals surface area contributed by atoms with Crippen LogP contribution in [0.4, 0.5) is 0 Å². The predicted octanol–water partition coefficient (Wildman–Crippen LogP) is 3.13. The maximum absolute atomic E-state index is 5.82. The minimum absolute atomic E-state index is 0.399. The van der Waals surface area contributed by atoms with Gasteiger partial charge in [-0.3, -0.25) is 0 Å². The van der Waals surface area contributed by atoms with E-state index >= 15 is 0 Å². The molecule has 1 aliphatic rings. The molecule has 1 saturated heterocycles. The van der Waals surface area contributed by atoms with E-state index in [1.165, 1.54) is 11.1 Å². The number of rotatable bonds is 6. The third kappa shape index (κ3) is 4.30. The fraction of sp³-hybridized carbons (Fsp3) is 0.647. The molecular weight excluding hydrogens is 250 g/mol. The predicted molar refractivity (Wildman–Crippen MR) is 81.6 cm³/mol. The van der Waals surface area contributed by atoms with E-state index in [0.717, 1.165) is 26.0 Å². The SMILES string of the molecule is COCc1ccccc1CNC1CCOC(C(C)C)C1. The Hall–Kier alpha value is -0.900. The Kier molecular flexibility index (Phi) is 6.02. The summed E-state index contributed by atoms with van der Waals surface area (Å²) < 4.78 is 11.1. The quantitative estimate of drug-likeness (QED) is 0.866. The molecule has 0 saturated carbocycles. The van der Waals surface area contributed by atoms with Gasteiger partial charge >= 0.3 is 0 Å². The standard InChI is InChI=1S/C17H27NO2/c1-13(2)17-10-16(8-9-20-17)18-11-14-6-4-5-7-15(14)12-19-3/h4-7,13,16-18H,8-12H2,1-3H3. The smallest absolute Gasteiger partial charge is 0.0716 e. The highest BCUT2D eigenvalue weighted by Gasteiger charge is 2.24. The minimum atomic E-state index is 0.399. The molecule has 1 aliphatic heterocycles. The van der Waals surface area contributed by atoms with Crippen molar-refractivity contribution < 1.29 is 9.47 Å². The third-order valence-electron chi connectivity index (χ3n) is 4.06. The van der Waals surface area contributed by atoms with Crippen molar-refractivity contribution in [1.29, 1.82) is 0 Å². The minimum Gasteiger partial charge on any atom is -0.380 e. The Bertz CT molecular complexity index is 406. The van der Waals surface area contributed by atoms with E-state index in [2.05, 4.69) is 43.4 Å². The average Bonchev–Trinajstić information content (AvgIpc) is 2.47. The van der Waals surface area contributed by atoms with Crippen LogP contribution in [0.2, 0.25) is 0 Å². The molecule has 0 spiro atoms. The molecule has 2 rings (SSSR count). The second-order valence-electron chi connectivity index (χ2n) is 5.96. The van der Waals surface area contributed by atoms with Gasteiger partial charge in [-0.05, 0) is 29.9 Å². The molecule has 0 aliphatic carbocycles. The first-order chi connectivity index (χ1) is 9.70. The van der Waals surface area contributed by atoms with Gasteiger partial charge in [-0.1, -0.05) is 38.1 Å². The summed E-state index contributed by atoms with van der Waals surface area (Å²) in [7, 11) is 1.75. The Morgan fingerprint density at radius 1 is 1.30 bits per heavy atom. The summed E-state index contributed by atoms with van der Waals surface area (Å²) in [6.45, 7) is 6.94. The van der Waals surface area contributed by atoms with Crippen LogP contribution in [0.25, 0.3) is 0 Å². The van der Waals surface area contributed by atoms with Gasteiger partial charge in [0.05, 0.1) is 12.7 Å². The highest BCUT2D eigenvalue weighted by Crippen LogP contribution is 2.21. The fourth-order valence-electron chi connectivity index (χ4n) is 2.76. The summed E-state index contributed by atoms with van der Waals surface area (Å²) in [5, 5.41) is 3.69. The Morgan fingerprint density at radius 3 is 2.75 bits per heavy atom. The Balaban J connectivity index is 1.88. The lowest BCUT2D eigenvalue weighted by Gasteiger charge is -2.32. The van der Waals surface area contributed by atoms with E-state index in [-0.39, 0.29) is 0 Å². The number of hydrogen-bond donors (Lipinski definition) is 1. The normalized spacial score (nSPS) is 23.2. The molecule has 0 aromatic heterocycles. The van der Waals surface area contributed by atoms with Crippen LogP contribution in [-0.2, 0) is 22.6 Å². The lowest BCUT2D eigenvalue weighted by Crippen LogP contribution is -2.40. The summed E-state index contributed by atoms with van der Waals surface area (Å²) in [5.41, 5.74) is 2.61. The van der Waals surface area contributed by atoms with E-state index in [0.29, 0.717) is 24.7 Å². The maximum atomic E-state index is 5.82. The molecule has 3 nitrogen and oxygen atoms in total. The summed E-state index contributed by atoms with van der Waals surface area (Å²) in [6, 6.07) is 9.05. The molecule has 1 heterocycles. The Labute approximate surface area is 122 Å². The van der Waals surface area contributed by atoms with Gasteiger partial charge in [0, 0.05) is 26.3 Å². The zero-order valence-electron chi connectivity index (χ0n) is 12.9. The first-order valence-electron chi connectivity index (χ1n) is 7.61. The van der Waals surface area contributed by atoms with Gasteiger partial charge in [0.15, 0.2) is 0 Å². The van der Waals surface area contributed by atoms with Crippen LogP contribution in [0.1, 0.15) is 37.8 Å². The highest BCUT2D eigenvalue weighted by atomic mass is 16.5. The van der Waals surface area contributed by atoms with E-state index in [1.807, 2.05) is 0 Å². The van der Waals surface area contributed by atoms with Gasteiger partial charge < -0.3 is 14.8 Å². The monoisotopic (exact) mass is 277 g/mol. The molecule has 112 valence electrons. The number of nitrogens with one attached hydrogen (secondary N) is 1. The van der Waals surface area contributed by atoms with Gasteiger partial charge in [-0.25, -0.2) is 0 Å². The highest BCUT2D eigenvalue weighted by molar-refractivity contribution is 5.26. The maximum Gasteiger partial charge on any atom is 0.0716 e. The van der Waals surface area contributed by atoms with Crippen molar-refractivity contribution in [3.63, 3.8) is 0 Å². The van der Waals surface area contributed by atoms with Gasteiger partial charge in [0.25, 0.3) is 0 Å². The van der Waals surface area contributed by atoms with E-state index in [9.17, 15) is 0 Å². The molecule has 1 fully saturated rings. The van der Waals surface area contributed by atoms with E-state index < -0.39 is 0 Å². The molecule has 1 aromatic rings. The van der Waals surface area contributed by atoms with Crippen molar-refractivity contribution in [2.45, 2.75) is 52.0 Å². The lowest BCUT2D eigenvalue weighted by atomic mass is 9.95. The molecule has 1 aromatic carbocycles. The molecule has 2 unspecified atom stereocenters. The summed E-state index contributed by atoms with van der Waals surface area (Å²) in [6.07, 6.45) is 2.62. The van der Waals surface area contributed by atoms with Crippen LogP contribution in [0.3, 0.4) is 0 Å². The van der Waals surface area contributed by atoms with Gasteiger partial charge in [-0.15, -0.1) is 0 Å². The number of ether oxygens (including phenoxy) is 2. The second kappa shape index (κ2) is 7.77. The summed E-state index contributed by atoms with van der Waals surface area (Å²) in [5.74, 6) is 0.598. The van der Waals surface area contributed by atoms with E-state index in [1.54, 1.807) is 7.11 Å². The second-order valence-corrected chi connectivity index (χ2v) is 5.96. The van der Waals surface area contributed by atoms with Crippen LogP contribution in [0.5, 0.6) is 0 Å². The Morgan fingerprint density at radius 2 is 2.05 bits per heavy atom. The zero-order chi connectivity index (χ0) is 14.4. The third-order valence-corrected chi connectivity index (χ3v) is 4.06. The van der Waals surface area contributed by atoms with Crippen molar-refractivity contribution >= 4 is 0 Å². The van der Waals surface area contributed by atoms with E-state index in [4.69, 9.17) is 9.47 Å². The largest absolute Gasteiger partial charge is 0.380 e. The zero-order valence-corrected chi connectivity index (χ0v) is 12.9. The summed E-state index contributed by atoms with van der Waals surface area (Å²) >= 11 is 0. The van der Waals surface area contributed by atoms with Gasteiger partial charge in [0.2, 0.25) is 0 Å². The first kappa shape index (κ1) is 15.5. The molecule has 0 bridgehead atoms. The molecule has 20 heavy (non-hydrogen) atoms. The van der Waals surface area contributed by atoms with Crippen molar-refractivity contribution in [3.8, 4) is 0 Å². The van der Waals surface area contributed by atoms with Crippen LogP contribution in [0.15, 0.2) is 24.3 Å². The van der Waals surface area contributed by atoms with Gasteiger partial charge in [0.1, 0.15) is 0 Å². The molecule has 0 radical (unpaired) electrons. The molecule has 0 amide bonds. The van der Waals surface area contributed by atoms with Gasteiger partial charge in [-0.2, -0.15) is 0 Å². The topological polar surface area (TPSA) is 30.5 Å². The number of hydrogen-bond acceptors (Lipinski definition) is 3. The lowest BCUT2D eigenvalue weighted by molar-refractivity contribution is -0.0245. The van der Waals surface area contributed by atoms with Crippen LogP contribution in [-0.4, -0.2) is 25.9 Å².